The lowest BCUT2D eigenvalue weighted by Crippen LogP contribution is -2.36. The maximum absolute atomic E-state index is 12.4. The molecule has 0 spiro atoms. The molecule has 29 heavy (non-hydrogen) atoms. The zero-order chi connectivity index (χ0) is 21.4. The highest BCUT2D eigenvalue weighted by atomic mass is 16.5. The molecule has 0 fully saturated rings. The standard InChI is InChI=1S/C23H28N2O4/c1-5-16(3)19-11-6-7-12-20(19)25-22(27)17(4)29-21(26)14-24-23(28)18-10-8-9-15(2)13-18/h6-13,16-17H,5,14H2,1-4H3,(H,24,28)(H,25,27)/t16-,17+/m1/s1. The number of hydrogen-bond acceptors (Lipinski definition) is 4. The molecule has 0 aromatic heterocycles. The van der Waals surface area contributed by atoms with E-state index in [1.54, 1.807) is 18.2 Å². The summed E-state index contributed by atoms with van der Waals surface area (Å²) in [5, 5.41) is 5.33. The summed E-state index contributed by atoms with van der Waals surface area (Å²) in [6.07, 6.45) is -0.0405. The second-order valence-corrected chi connectivity index (χ2v) is 7.07. The van der Waals surface area contributed by atoms with E-state index in [-0.39, 0.29) is 12.5 Å². The number of benzene rings is 2. The molecule has 2 aromatic carbocycles. The fourth-order valence-corrected chi connectivity index (χ4v) is 2.83. The first-order chi connectivity index (χ1) is 13.8. The molecule has 0 bridgehead atoms. The van der Waals surface area contributed by atoms with E-state index in [9.17, 15) is 14.4 Å². The van der Waals surface area contributed by atoms with Crippen molar-refractivity contribution in [1.82, 2.24) is 5.32 Å². The molecule has 6 nitrogen and oxygen atoms in total. The van der Waals surface area contributed by atoms with Crippen LogP contribution >= 0.6 is 0 Å². The smallest absolute Gasteiger partial charge is 0.326 e. The van der Waals surface area contributed by atoms with Gasteiger partial charge in [0, 0.05) is 11.3 Å². The van der Waals surface area contributed by atoms with Crippen LogP contribution in [0.3, 0.4) is 0 Å². The molecule has 0 heterocycles. The van der Waals surface area contributed by atoms with Crippen molar-refractivity contribution < 1.29 is 19.1 Å². The third-order valence-electron chi connectivity index (χ3n) is 4.71. The Morgan fingerprint density at radius 2 is 1.76 bits per heavy atom. The van der Waals surface area contributed by atoms with E-state index in [1.165, 1.54) is 6.92 Å². The van der Waals surface area contributed by atoms with Crippen LogP contribution in [0.5, 0.6) is 0 Å². The quantitative estimate of drug-likeness (QED) is 0.665. The number of aryl methyl sites for hydroxylation is 1. The van der Waals surface area contributed by atoms with Gasteiger partial charge in [0.2, 0.25) is 0 Å². The van der Waals surface area contributed by atoms with Gasteiger partial charge in [0.25, 0.3) is 11.8 Å². The Hall–Kier alpha value is -3.15. The summed E-state index contributed by atoms with van der Waals surface area (Å²) in [6, 6.07) is 14.6. The van der Waals surface area contributed by atoms with E-state index in [4.69, 9.17) is 4.74 Å². The summed E-state index contributed by atoms with van der Waals surface area (Å²) >= 11 is 0. The van der Waals surface area contributed by atoms with Crippen molar-refractivity contribution in [3.05, 3.63) is 65.2 Å². The average molecular weight is 396 g/mol. The Morgan fingerprint density at radius 3 is 2.45 bits per heavy atom. The van der Waals surface area contributed by atoms with E-state index in [0.29, 0.717) is 17.2 Å². The van der Waals surface area contributed by atoms with Crippen molar-refractivity contribution in [2.45, 2.75) is 46.1 Å². The number of para-hydroxylation sites is 1. The van der Waals surface area contributed by atoms with Gasteiger partial charge in [-0.15, -0.1) is 0 Å². The van der Waals surface area contributed by atoms with Gasteiger partial charge in [-0.3, -0.25) is 14.4 Å². The molecule has 0 aliphatic carbocycles. The van der Waals surface area contributed by atoms with Crippen LogP contribution in [0.15, 0.2) is 48.5 Å². The average Bonchev–Trinajstić information content (AvgIpc) is 2.71. The second-order valence-electron chi connectivity index (χ2n) is 7.07. The van der Waals surface area contributed by atoms with Crippen LogP contribution in [0, 0.1) is 6.92 Å². The normalized spacial score (nSPS) is 12.6. The summed E-state index contributed by atoms with van der Waals surface area (Å²) in [4.78, 5) is 36.5. The first-order valence-corrected chi connectivity index (χ1v) is 9.76. The number of ether oxygens (including phenoxy) is 1. The maximum Gasteiger partial charge on any atom is 0.326 e. The highest BCUT2D eigenvalue weighted by molar-refractivity contribution is 5.97. The van der Waals surface area contributed by atoms with Crippen LogP contribution in [0.25, 0.3) is 0 Å². The van der Waals surface area contributed by atoms with Gasteiger partial charge < -0.3 is 15.4 Å². The minimum Gasteiger partial charge on any atom is -0.451 e. The summed E-state index contributed by atoms with van der Waals surface area (Å²) in [6.45, 7) is 7.24. The molecule has 0 radical (unpaired) electrons. The number of rotatable bonds is 8. The number of amides is 2. The van der Waals surface area contributed by atoms with Crippen LogP contribution in [0.2, 0.25) is 0 Å². The summed E-state index contributed by atoms with van der Waals surface area (Å²) in [5.41, 5.74) is 3.16. The van der Waals surface area contributed by atoms with Crippen LogP contribution in [-0.2, 0) is 14.3 Å². The molecule has 2 amide bonds. The van der Waals surface area contributed by atoms with Gasteiger partial charge in [0.15, 0.2) is 6.10 Å². The van der Waals surface area contributed by atoms with E-state index in [1.807, 2.05) is 37.3 Å². The summed E-state index contributed by atoms with van der Waals surface area (Å²) in [7, 11) is 0. The van der Waals surface area contributed by atoms with Crippen molar-refractivity contribution in [1.29, 1.82) is 0 Å². The predicted octanol–water partition coefficient (Wildman–Crippen LogP) is 3.81. The molecular formula is C23H28N2O4. The molecule has 0 aliphatic heterocycles. The van der Waals surface area contributed by atoms with Crippen LogP contribution in [0.1, 0.15) is 54.6 Å². The highest BCUT2D eigenvalue weighted by Crippen LogP contribution is 2.26. The van der Waals surface area contributed by atoms with Gasteiger partial charge in [-0.2, -0.15) is 0 Å². The van der Waals surface area contributed by atoms with Gasteiger partial charge >= 0.3 is 5.97 Å². The lowest BCUT2D eigenvalue weighted by molar-refractivity contribution is -0.152. The Kier molecular flexibility index (Phi) is 7.95. The van der Waals surface area contributed by atoms with E-state index in [2.05, 4.69) is 24.5 Å². The summed E-state index contributed by atoms with van der Waals surface area (Å²) < 4.78 is 5.16. The third-order valence-corrected chi connectivity index (χ3v) is 4.71. The number of anilines is 1. The zero-order valence-electron chi connectivity index (χ0n) is 17.3. The summed E-state index contributed by atoms with van der Waals surface area (Å²) in [5.74, 6) is -1.17. The van der Waals surface area contributed by atoms with Crippen molar-refractivity contribution in [2.75, 3.05) is 11.9 Å². The number of carbonyl (C=O) groups is 3. The minimum atomic E-state index is -0.983. The van der Waals surface area contributed by atoms with Gasteiger partial charge in [-0.1, -0.05) is 49.7 Å². The molecule has 154 valence electrons. The van der Waals surface area contributed by atoms with Crippen LogP contribution in [0.4, 0.5) is 5.69 Å². The molecule has 0 unspecified atom stereocenters. The zero-order valence-corrected chi connectivity index (χ0v) is 17.3. The third kappa shape index (κ3) is 6.45. The van der Waals surface area contributed by atoms with Gasteiger partial charge in [-0.25, -0.2) is 0 Å². The number of carbonyl (C=O) groups excluding carboxylic acids is 3. The molecule has 0 saturated heterocycles. The fraction of sp³-hybridized carbons (Fsp3) is 0.348. The van der Waals surface area contributed by atoms with Crippen molar-refractivity contribution >= 4 is 23.5 Å². The first kappa shape index (κ1) is 22.1. The number of esters is 1. The molecule has 0 saturated carbocycles. The highest BCUT2D eigenvalue weighted by Gasteiger charge is 2.20. The first-order valence-electron chi connectivity index (χ1n) is 9.76. The predicted molar refractivity (Wildman–Crippen MR) is 113 cm³/mol. The number of hydrogen-bond donors (Lipinski definition) is 2. The topological polar surface area (TPSA) is 84.5 Å². The Bertz CT molecular complexity index is 879. The van der Waals surface area contributed by atoms with E-state index >= 15 is 0 Å². The van der Waals surface area contributed by atoms with Crippen molar-refractivity contribution in [2.24, 2.45) is 0 Å². The molecule has 6 heteroatoms. The van der Waals surface area contributed by atoms with Gasteiger partial charge in [-0.05, 0) is 49.9 Å². The monoisotopic (exact) mass is 396 g/mol. The van der Waals surface area contributed by atoms with Gasteiger partial charge in [0.1, 0.15) is 6.54 Å². The molecule has 2 rings (SSSR count). The minimum absolute atomic E-state index is 0.293. The molecular weight excluding hydrogens is 368 g/mol. The van der Waals surface area contributed by atoms with E-state index in [0.717, 1.165) is 17.5 Å². The van der Waals surface area contributed by atoms with Crippen LogP contribution in [-0.4, -0.2) is 30.4 Å². The number of nitrogens with one attached hydrogen (secondary N) is 2. The molecule has 2 aromatic rings. The Morgan fingerprint density at radius 1 is 1.03 bits per heavy atom. The lowest BCUT2D eigenvalue weighted by atomic mass is 9.97. The second kappa shape index (κ2) is 10.4. The molecule has 2 atom stereocenters. The SMILES string of the molecule is CC[C@@H](C)c1ccccc1NC(=O)[C@H](C)OC(=O)CNC(=O)c1cccc(C)c1. The lowest BCUT2D eigenvalue weighted by Gasteiger charge is -2.18. The van der Waals surface area contributed by atoms with E-state index < -0.39 is 18.0 Å². The van der Waals surface area contributed by atoms with Crippen molar-refractivity contribution in [3.63, 3.8) is 0 Å². The largest absolute Gasteiger partial charge is 0.451 e. The van der Waals surface area contributed by atoms with Crippen LogP contribution < -0.4 is 10.6 Å². The van der Waals surface area contributed by atoms with Gasteiger partial charge in [0.05, 0.1) is 0 Å². The fourth-order valence-electron chi connectivity index (χ4n) is 2.83. The molecule has 0 aliphatic rings. The Labute approximate surface area is 171 Å². The molecule has 2 N–H and O–H groups in total. The van der Waals surface area contributed by atoms with Crippen molar-refractivity contribution in [3.8, 4) is 0 Å². The Balaban J connectivity index is 1.88. The maximum atomic E-state index is 12.4.